The zero-order valence-electron chi connectivity index (χ0n) is 11.7. The van der Waals surface area contributed by atoms with E-state index < -0.39 is 0 Å². The molecule has 0 aromatic carbocycles. The molecule has 1 aromatic rings. The summed E-state index contributed by atoms with van der Waals surface area (Å²) >= 11 is 1.83. The van der Waals surface area contributed by atoms with E-state index in [0.717, 1.165) is 19.6 Å². The second-order valence-electron chi connectivity index (χ2n) is 5.65. The topological polar surface area (TPSA) is 32.5 Å². The molecule has 2 N–H and O–H groups in total. The zero-order chi connectivity index (χ0) is 13.2. The molecular formula is C14H25N3S. The lowest BCUT2D eigenvalue weighted by atomic mass is 9.82. The molecule has 1 saturated heterocycles. The van der Waals surface area contributed by atoms with Crippen molar-refractivity contribution in [1.82, 2.24) is 9.80 Å². The average molecular weight is 267 g/mol. The Bertz CT molecular complexity index is 365. The summed E-state index contributed by atoms with van der Waals surface area (Å²) < 4.78 is 0. The fraction of sp³-hybridized carbons (Fsp3) is 0.714. The largest absolute Gasteiger partial charge is 0.329 e. The van der Waals surface area contributed by atoms with Gasteiger partial charge in [0.25, 0.3) is 0 Å². The maximum Gasteiger partial charge on any atom is 0.0359 e. The van der Waals surface area contributed by atoms with E-state index in [1.807, 2.05) is 11.3 Å². The Morgan fingerprint density at radius 2 is 2.39 bits per heavy atom. The van der Waals surface area contributed by atoms with Crippen molar-refractivity contribution in [2.24, 2.45) is 5.73 Å². The number of hydrogen-bond donors (Lipinski definition) is 1. The quantitative estimate of drug-likeness (QED) is 0.905. The van der Waals surface area contributed by atoms with Crippen LogP contribution < -0.4 is 5.73 Å². The summed E-state index contributed by atoms with van der Waals surface area (Å²) in [7, 11) is 4.44. The number of hydrogen-bond acceptors (Lipinski definition) is 4. The molecular weight excluding hydrogens is 242 g/mol. The van der Waals surface area contributed by atoms with Crippen molar-refractivity contribution in [3.63, 3.8) is 0 Å². The third kappa shape index (κ3) is 2.77. The molecule has 102 valence electrons. The summed E-state index contributed by atoms with van der Waals surface area (Å²) in [5.74, 6) is 0. The molecule has 2 unspecified atom stereocenters. The van der Waals surface area contributed by atoms with Crippen molar-refractivity contribution in [2.75, 3.05) is 27.2 Å². The molecule has 0 saturated carbocycles. The Hall–Kier alpha value is -0.420. The minimum atomic E-state index is 0.177. The van der Waals surface area contributed by atoms with Gasteiger partial charge >= 0.3 is 0 Å². The van der Waals surface area contributed by atoms with Gasteiger partial charge in [0, 0.05) is 29.5 Å². The van der Waals surface area contributed by atoms with Crippen LogP contribution in [0.3, 0.4) is 0 Å². The van der Waals surface area contributed by atoms with E-state index in [2.05, 4.69) is 48.3 Å². The molecule has 4 heteroatoms. The second kappa shape index (κ2) is 5.70. The molecule has 0 spiro atoms. The predicted octanol–water partition coefficient (Wildman–Crippen LogP) is 1.99. The third-order valence-electron chi connectivity index (χ3n) is 4.52. The van der Waals surface area contributed by atoms with E-state index in [9.17, 15) is 0 Å². The first-order valence-electron chi connectivity index (χ1n) is 6.71. The first kappa shape index (κ1) is 14.0. The van der Waals surface area contributed by atoms with Crippen LogP contribution in [0.25, 0.3) is 0 Å². The molecule has 0 amide bonds. The van der Waals surface area contributed by atoms with Gasteiger partial charge in [0.2, 0.25) is 0 Å². The molecule has 3 nitrogen and oxygen atoms in total. The molecule has 18 heavy (non-hydrogen) atoms. The standard InChI is InChI=1S/C14H25N3S/c1-12-9-14(11-15,6-7-16(12)2)17(3)10-13-5-4-8-18-13/h4-5,8,12H,6-7,9-11,15H2,1-3H3. The first-order chi connectivity index (χ1) is 8.57. The van der Waals surface area contributed by atoms with E-state index in [1.54, 1.807) is 0 Å². The molecule has 1 aliphatic heterocycles. The van der Waals surface area contributed by atoms with Gasteiger partial charge in [-0.05, 0) is 51.9 Å². The molecule has 0 aliphatic carbocycles. The minimum absolute atomic E-state index is 0.177. The normalized spacial score (nSPS) is 29.9. The van der Waals surface area contributed by atoms with Gasteiger partial charge in [-0.1, -0.05) is 6.07 Å². The van der Waals surface area contributed by atoms with Gasteiger partial charge < -0.3 is 10.6 Å². The number of piperidine rings is 1. The average Bonchev–Trinajstić information content (AvgIpc) is 2.85. The molecule has 1 aliphatic rings. The van der Waals surface area contributed by atoms with Crippen molar-refractivity contribution in [3.8, 4) is 0 Å². The van der Waals surface area contributed by atoms with Gasteiger partial charge in [-0.2, -0.15) is 0 Å². The van der Waals surface area contributed by atoms with Crippen molar-refractivity contribution in [3.05, 3.63) is 22.4 Å². The molecule has 0 bridgehead atoms. The van der Waals surface area contributed by atoms with Gasteiger partial charge in [0.05, 0.1) is 0 Å². The van der Waals surface area contributed by atoms with Crippen LogP contribution in [0.15, 0.2) is 17.5 Å². The van der Waals surface area contributed by atoms with E-state index in [4.69, 9.17) is 5.73 Å². The summed E-state index contributed by atoms with van der Waals surface area (Å²) in [5, 5.41) is 2.15. The lowest BCUT2D eigenvalue weighted by Crippen LogP contribution is -2.59. The highest BCUT2D eigenvalue weighted by Crippen LogP contribution is 2.31. The lowest BCUT2D eigenvalue weighted by Gasteiger charge is -2.49. The highest BCUT2D eigenvalue weighted by atomic mass is 32.1. The van der Waals surface area contributed by atoms with Crippen molar-refractivity contribution < 1.29 is 0 Å². The Morgan fingerprint density at radius 3 is 2.94 bits per heavy atom. The van der Waals surface area contributed by atoms with E-state index in [1.165, 1.54) is 17.7 Å². The number of nitrogens with two attached hydrogens (primary N) is 1. The Kier molecular flexibility index (Phi) is 4.43. The monoisotopic (exact) mass is 267 g/mol. The summed E-state index contributed by atoms with van der Waals surface area (Å²) in [6.45, 7) is 5.23. The van der Waals surface area contributed by atoms with Gasteiger partial charge in [0.15, 0.2) is 0 Å². The minimum Gasteiger partial charge on any atom is -0.329 e. The van der Waals surface area contributed by atoms with Gasteiger partial charge in [-0.15, -0.1) is 11.3 Å². The number of likely N-dealkylation sites (N-methyl/N-ethyl adjacent to an activating group) is 1. The van der Waals surface area contributed by atoms with E-state index >= 15 is 0 Å². The number of likely N-dealkylation sites (tertiary alicyclic amines) is 1. The van der Waals surface area contributed by atoms with Crippen LogP contribution in [0.1, 0.15) is 24.6 Å². The van der Waals surface area contributed by atoms with Crippen LogP contribution >= 0.6 is 11.3 Å². The van der Waals surface area contributed by atoms with Crippen molar-refractivity contribution >= 4 is 11.3 Å². The van der Waals surface area contributed by atoms with E-state index in [-0.39, 0.29) is 5.54 Å². The van der Waals surface area contributed by atoms with Crippen LogP contribution in [0.5, 0.6) is 0 Å². The van der Waals surface area contributed by atoms with Crippen LogP contribution in [0.2, 0.25) is 0 Å². The van der Waals surface area contributed by atoms with Crippen LogP contribution in [0.4, 0.5) is 0 Å². The Morgan fingerprint density at radius 1 is 1.61 bits per heavy atom. The molecule has 1 aromatic heterocycles. The molecule has 1 fully saturated rings. The van der Waals surface area contributed by atoms with Crippen LogP contribution in [-0.4, -0.2) is 48.6 Å². The predicted molar refractivity (Wildman–Crippen MR) is 78.9 cm³/mol. The van der Waals surface area contributed by atoms with Gasteiger partial charge in [-0.25, -0.2) is 0 Å². The van der Waals surface area contributed by atoms with E-state index in [0.29, 0.717) is 6.04 Å². The number of rotatable bonds is 4. The molecule has 2 rings (SSSR count). The third-order valence-corrected chi connectivity index (χ3v) is 5.38. The Balaban J connectivity index is 2.07. The fourth-order valence-electron chi connectivity index (χ4n) is 2.90. The highest BCUT2D eigenvalue weighted by molar-refractivity contribution is 7.09. The summed E-state index contributed by atoms with van der Waals surface area (Å²) in [5.41, 5.74) is 6.30. The first-order valence-corrected chi connectivity index (χ1v) is 7.59. The van der Waals surface area contributed by atoms with Gasteiger partial charge in [-0.3, -0.25) is 4.90 Å². The van der Waals surface area contributed by atoms with Crippen LogP contribution in [-0.2, 0) is 6.54 Å². The van der Waals surface area contributed by atoms with Crippen molar-refractivity contribution in [1.29, 1.82) is 0 Å². The number of nitrogens with zero attached hydrogens (tertiary/aromatic N) is 2. The van der Waals surface area contributed by atoms with Gasteiger partial charge in [0.1, 0.15) is 0 Å². The van der Waals surface area contributed by atoms with Crippen molar-refractivity contribution in [2.45, 2.75) is 37.9 Å². The maximum atomic E-state index is 6.12. The summed E-state index contributed by atoms with van der Waals surface area (Å²) in [6.07, 6.45) is 2.34. The summed E-state index contributed by atoms with van der Waals surface area (Å²) in [4.78, 5) is 6.34. The molecule has 2 heterocycles. The SMILES string of the molecule is CC1CC(CN)(N(C)Cc2cccs2)CCN1C. The fourth-order valence-corrected chi connectivity index (χ4v) is 3.66. The zero-order valence-corrected chi connectivity index (χ0v) is 12.5. The van der Waals surface area contributed by atoms with Crippen LogP contribution in [0, 0.1) is 0 Å². The highest BCUT2D eigenvalue weighted by Gasteiger charge is 2.39. The maximum absolute atomic E-state index is 6.12. The summed E-state index contributed by atoms with van der Waals surface area (Å²) in [6, 6.07) is 4.96. The molecule has 0 radical (unpaired) electrons. The number of thiophene rings is 1. The lowest BCUT2D eigenvalue weighted by molar-refractivity contribution is 0.0227. The smallest absolute Gasteiger partial charge is 0.0359 e. The second-order valence-corrected chi connectivity index (χ2v) is 6.68. The molecule has 2 atom stereocenters. The Labute approximate surface area is 115 Å².